The molecule has 0 fully saturated rings. The molecule has 1 aromatic carbocycles. The van der Waals surface area contributed by atoms with Gasteiger partial charge in [0.1, 0.15) is 6.10 Å². The minimum Gasteiger partial charge on any atom is -0.383 e. The van der Waals surface area contributed by atoms with Crippen LogP contribution in [0.2, 0.25) is 5.02 Å². The molecule has 1 aromatic heterocycles. The number of aryl methyl sites for hydroxylation is 1. The number of methoxy groups -OCH3 is 1. The number of ether oxygens (including phenoxy) is 1. The number of aromatic nitrogens is 2. The first-order valence-corrected chi connectivity index (χ1v) is 6.46. The van der Waals surface area contributed by atoms with Crippen molar-refractivity contribution in [3.63, 3.8) is 0 Å². The van der Waals surface area contributed by atoms with E-state index in [1.807, 2.05) is 31.2 Å². The van der Waals surface area contributed by atoms with E-state index in [1.165, 1.54) is 0 Å². The molecule has 0 aliphatic rings. The summed E-state index contributed by atoms with van der Waals surface area (Å²) in [6, 6.07) is 7.69. The van der Waals surface area contributed by atoms with E-state index in [0.29, 0.717) is 23.9 Å². The lowest BCUT2D eigenvalue weighted by molar-refractivity contribution is 0.171. The second-order valence-corrected chi connectivity index (χ2v) is 4.76. The van der Waals surface area contributed by atoms with Gasteiger partial charge in [-0.25, -0.2) is 0 Å². The van der Waals surface area contributed by atoms with Crippen LogP contribution in [0.5, 0.6) is 0 Å². The van der Waals surface area contributed by atoms with E-state index < -0.39 is 6.10 Å². The Bertz CT molecular complexity index is 554. The van der Waals surface area contributed by atoms with Crippen molar-refractivity contribution in [2.45, 2.75) is 19.6 Å². The second kappa shape index (κ2) is 6.19. The molecule has 1 N–H and O–H groups in total. The first kappa shape index (κ1) is 14.1. The molecule has 2 aromatic rings. The maximum atomic E-state index is 10.5. The van der Waals surface area contributed by atoms with Gasteiger partial charge in [-0.2, -0.15) is 5.10 Å². The molecule has 0 aliphatic carbocycles. The lowest BCUT2D eigenvalue weighted by Gasteiger charge is -2.16. The maximum Gasteiger partial charge on any atom is 0.122 e. The number of rotatable bonds is 5. The highest BCUT2D eigenvalue weighted by molar-refractivity contribution is 6.31. The van der Waals surface area contributed by atoms with Gasteiger partial charge in [-0.15, -0.1) is 0 Å². The minimum atomic E-state index is -0.784. The van der Waals surface area contributed by atoms with E-state index in [4.69, 9.17) is 16.3 Å². The van der Waals surface area contributed by atoms with Gasteiger partial charge < -0.3 is 9.84 Å². The van der Waals surface area contributed by atoms with Crippen molar-refractivity contribution >= 4 is 11.6 Å². The predicted molar refractivity (Wildman–Crippen MR) is 74.4 cm³/mol. The number of hydrogen-bond acceptors (Lipinski definition) is 3. The van der Waals surface area contributed by atoms with Gasteiger partial charge in [-0.1, -0.05) is 35.9 Å². The van der Waals surface area contributed by atoms with Crippen molar-refractivity contribution in [2.24, 2.45) is 0 Å². The van der Waals surface area contributed by atoms with Gasteiger partial charge >= 0.3 is 0 Å². The summed E-state index contributed by atoms with van der Waals surface area (Å²) >= 11 is 6.14. The summed E-state index contributed by atoms with van der Waals surface area (Å²) < 4.78 is 6.72. The van der Waals surface area contributed by atoms with Crippen molar-refractivity contribution in [2.75, 3.05) is 13.7 Å². The van der Waals surface area contributed by atoms with Crippen LogP contribution in [0.3, 0.4) is 0 Å². The Morgan fingerprint density at radius 3 is 2.84 bits per heavy atom. The van der Waals surface area contributed by atoms with Gasteiger partial charge in [0.15, 0.2) is 0 Å². The van der Waals surface area contributed by atoms with Crippen LogP contribution in [0.4, 0.5) is 0 Å². The minimum absolute atomic E-state index is 0.465. The molecule has 0 spiro atoms. The average Bonchev–Trinajstić information content (AvgIpc) is 2.77. The van der Waals surface area contributed by atoms with Gasteiger partial charge in [0, 0.05) is 7.11 Å². The van der Waals surface area contributed by atoms with Crippen molar-refractivity contribution in [1.29, 1.82) is 0 Å². The van der Waals surface area contributed by atoms with Crippen LogP contribution in [-0.4, -0.2) is 28.6 Å². The zero-order valence-electron chi connectivity index (χ0n) is 11.0. The SMILES string of the molecule is COCCn1ncc(Cl)c1C(O)c1ccccc1C. The summed E-state index contributed by atoms with van der Waals surface area (Å²) in [5.74, 6) is 0. The van der Waals surface area contributed by atoms with E-state index >= 15 is 0 Å². The topological polar surface area (TPSA) is 47.3 Å². The number of halogens is 1. The van der Waals surface area contributed by atoms with E-state index in [2.05, 4.69) is 5.10 Å². The summed E-state index contributed by atoms with van der Waals surface area (Å²) in [5.41, 5.74) is 2.46. The number of aliphatic hydroxyl groups is 1. The van der Waals surface area contributed by atoms with Gasteiger partial charge in [0.05, 0.1) is 30.1 Å². The van der Waals surface area contributed by atoms with Gasteiger partial charge in [-0.3, -0.25) is 4.68 Å². The summed E-state index contributed by atoms with van der Waals surface area (Å²) in [6.45, 7) is 3.04. The highest BCUT2D eigenvalue weighted by Gasteiger charge is 2.20. The molecule has 4 nitrogen and oxygen atoms in total. The molecule has 5 heteroatoms. The molecule has 1 heterocycles. The average molecular weight is 281 g/mol. The molecule has 0 saturated heterocycles. The van der Waals surface area contributed by atoms with Crippen LogP contribution in [0.15, 0.2) is 30.5 Å². The largest absolute Gasteiger partial charge is 0.383 e. The second-order valence-electron chi connectivity index (χ2n) is 4.35. The fourth-order valence-electron chi connectivity index (χ4n) is 2.04. The Labute approximate surface area is 117 Å². The summed E-state index contributed by atoms with van der Waals surface area (Å²) in [7, 11) is 1.63. The third-order valence-electron chi connectivity index (χ3n) is 3.08. The highest BCUT2D eigenvalue weighted by Crippen LogP contribution is 2.29. The Kier molecular flexibility index (Phi) is 4.58. The molecule has 0 amide bonds. The number of nitrogens with zero attached hydrogens (tertiary/aromatic N) is 2. The fraction of sp³-hybridized carbons (Fsp3) is 0.357. The van der Waals surface area contributed by atoms with E-state index in [1.54, 1.807) is 18.0 Å². The van der Waals surface area contributed by atoms with Crippen molar-refractivity contribution in [1.82, 2.24) is 9.78 Å². The van der Waals surface area contributed by atoms with Gasteiger partial charge in [0.25, 0.3) is 0 Å². The van der Waals surface area contributed by atoms with Crippen LogP contribution in [0, 0.1) is 6.92 Å². The molecule has 1 atom stereocenters. The smallest absolute Gasteiger partial charge is 0.122 e. The molecule has 0 aliphatic heterocycles. The van der Waals surface area contributed by atoms with Crippen LogP contribution < -0.4 is 0 Å². The van der Waals surface area contributed by atoms with Crippen LogP contribution >= 0.6 is 11.6 Å². The van der Waals surface area contributed by atoms with Crippen molar-refractivity contribution in [3.05, 3.63) is 52.3 Å². The number of aliphatic hydroxyl groups excluding tert-OH is 1. The number of benzene rings is 1. The quantitative estimate of drug-likeness (QED) is 0.916. The zero-order valence-corrected chi connectivity index (χ0v) is 11.8. The van der Waals surface area contributed by atoms with Gasteiger partial charge in [-0.05, 0) is 18.1 Å². The maximum absolute atomic E-state index is 10.5. The Morgan fingerprint density at radius 2 is 2.16 bits per heavy atom. The summed E-state index contributed by atoms with van der Waals surface area (Å²) in [6.07, 6.45) is 0.765. The standard InChI is InChI=1S/C14H17ClN2O2/c1-10-5-3-4-6-11(10)14(18)13-12(15)9-16-17(13)7-8-19-2/h3-6,9,14,18H,7-8H2,1-2H3. The fourth-order valence-corrected chi connectivity index (χ4v) is 2.29. The third kappa shape index (κ3) is 2.97. The zero-order chi connectivity index (χ0) is 13.8. The number of hydrogen-bond donors (Lipinski definition) is 1. The summed E-state index contributed by atoms with van der Waals surface area (Å²) in [5, 5.41) is 15.2. The van der Waals surface area contributed by atoms with Crippen molar-refractivity contribution in [3.8, 4) is 0 Å². The molecular weight excluding hydrogens is 264 g/mol. The van der Waals surface area contributed by atoms with E-state index in [9.17, 15) is 5.11 Å². The van der Waals surface area contributed by atoms with Crippen LogP contribution in [0.1, 0.15) is 22.9 Å². The molecule has 19 heavy (non-hydrogen) atoms. The highest BCUT2D eigenvalue weighted by atomic mass is 35.5. The summed E-state index contributed by atoms with van der Waals surface area (Å²) in [4.78, 5) is 0. The van der Waals surface area contributed by atoms with Crippen molar-refractivity contribution < 1.29 is 9.84 Å². The predicted octanol–water partition coefficient (Wildman–Crippen LogP) is 2.57. The molecule has 2 rings (SSSR count). The Balaban J connectivity index is 2.35. The molecular formula is C14H17ClN2O2. The Morgan fingerprint density at radius 1 is 1.42 bits per heavy atom. The lowest BCUT2D eigenvalue weighted by atomic mass is 10.0. The third-order valence-corrected chi connectivity index (χ3v) is 3.37. The lowest BCUT2D eigenvalue weighted by Crippen LogP contribution is -2.14. The monoisotopic (exact) mass is 280 g/mol. The van der Waals surface area contributed by atoms with E-state index in [0.717, 1.165) is 11.1 Å². The Hall–Kier alpha value is -1.36. The molecule has 0 radical (unpaired) electrons. The normalized spacial score (nSPS) is 12.6. The molecule has 0 saturated carbocycles. The van der Waals surface area contributed by atoms with Crippen LogP contribution in [0.25, 0.3) is 0 Å². The first-order chi connectivity index (χ1) is 9.15. The first-order valence-electron chi connectivity index (χ1n) is 6.09. The molecule has 102 valence electrons. The molecule has 0 bridgehead atoms. The van der Waals surface area contributed by atoms with E-state index in [-0.39, 0.29) is 0 Å². The van der Waals surface area contributed by atoms with Gasteiger partial charge in [0.2, 0.25) is 0 Å². The molecule has 1 unspecified atom stereocenters. The van der Waals surface area contributed by atoms with Crippen LogP contribution in [-0.2, 0) is 11.3 Å².